The molecule has 2 aliphatic rings. The molecule has 1 aromatic heterocycles. The average Bonchev–Trinajstić information content (AvgIpc) is 2.94. The lowest BCUT2D eigenvalue weighted by Crippen LogP contribution is -2.43. The number of hydrogen-bond acceptors (Lipinski definition) is 7. The Kier molecular flexibility index (Phi) is 9.69. The molecule has 2 aromatic rings. The van der Waals surface area contributed by atoms with Crippen molar-refractivity contribution in [2.45, 2.75) is 52.1 Å². The van der Waals surface area contributed by atoms with E-state index in [0.717, 1.165) is 37.3 Å². The molecule has 2 aliphatic heterocycles. The van der Waals surface area contributed by atoms with Crippen molar-refractivity contribution in [2.75, 3.05) is 44.3 Å². The monoisotopic (exact) mass is 544 g/mol. The van der Waals surface area contributed by atoms with Crippen molar-refractivity contribution in [1.29, 1.82) is 0 Å². The number of pyridine rings is 1. The fourth-order valence-electron chi connectivity index (χ4n) is 5.15. The number of nitrogens with one attached hydrogen (secondary N) is 1. The molecule has 0 spiro atoms. The Morgan fingerprint density at radius 3 is 2.24 bits per heavy atom. The van der Waals surface area contributed by atoms with E-state index in [-0.39, 0.29) is 17.9 Å². The SMILES string of the molecule is CCOc1cc(CN(c2ccc(C(=O)N3CCC(C(=O)O)CC3)cn2)C2CCNCC2)cc(OCC)c1Cl. The first-order valence-electron chi connectivity index (χ1n) is 13.4. The molecule has 0 radical (unpaired) electrons. The van der Waals surface area contributed by atoms with Gasteiger partial charge >= 0.3 is 5.97 Å². The molecule has 1 amide bonds. The van der Waals surface area contributed by atoms with Crippen molar-refractivity contribution in [2.24, 2.45) is 5.92 Å². The highest BCUT2D eigenvalue weighted by Crippen LogP contribution is 2.37. The van der Waals surface area contributed by atoms with Crippen LogP contribution in [0.4, 0.5) is 5.82 Å². The van der Waals surface area contributed by atoms with Crippen LogP contribution >= 0.6 is 11.6 Å². The standard InChI is InChI=1S/C28H37ClN4O5/c1-3-37-23-15-19(16-24(26(23)29)38-4-2)18-33(22-7-11-30-12-8-22)25-6-5-21(17-31-25)27(34)32-13-9-20(10-14-32)28(35)36/h5-6,15-17,20,22,30H,3-4,7-14,18H2,1-2H3,(H,35,36). The van der Waals surface area contributed by atoms with Gasteiger partial charge in [-0.2, -0.15) is 0 Å². The van der Waals surface area contributed by atoms with Gasteiger partial charge in [-0.1, -0.05) is 11.6 Å². The number of carboxylic acid groups (broad SMARTS) is 1. The van der Waals surface area contributed by atoms with Crippen LogP contribution in [0.25, 0.3) is 0 Å². The van der Waals surface area contributed by atoms with Crippen molar-refractivity contribution in [1.82, 2.24) is 15.2 Å². The van der Waals surface area contributed by atoms with E-state index in [4.69, 9.17) is 26.1 Å². The molecule has 1 aromatic carbocycles. The summed E-state index contributed by atoms with van der Waals surface area (Å²) >= 11 is 6.53. The number of rotatable bonds is 10. The molecule has 9 nitrogen and oxygen atoms in total. The predicted octanol–water partition coefficient (Wildman–Crippen LogP) is 4.23. The Morgan fingerprint density at radius 1 is 1.08 bits per heavy atom. The summed E-state index contributed by atoms with van der Waals surface area (Å²) < 4.78 is 11.6. The molecule has 4 rings (SSSR count). The second-order valence-electron chi connectivity index (χ2n) is 9.69. The first-order chi connectivity index (χ1) is 18.4. The minimum absolute atomic E-state index is 0.110. The van der Waals surface area contributed by atoms with E-state index in [2.05, 4.69) is 10.2 Å². The maximum absolute atomic E-state index is 13.1. The van der Waals surface area contributed by atoms with Gasteiger partial charge in [-0.25, -0.2) is 4.98 Å². The van der Waals surface area contributed by atoms with Gasteiger partial charge in [0.2, 0.25) is 0 Å². The van der Waals surface area contributed by atoms with Crippen molar-refractivity contribution in [3.63, 3.8) is 0 Å². The number of amides is 1. The van der Waals surface area contributed by atoms with Crippen LogP contribution in [0, 0.1) is 5.92 Å². The fourth-order valence-corrected chi connectivity index (χ4v) is 5.36. The summed E-state index contributed by atoms with van der Waals surface area (Å²) in [6, 6.07) is 7.92. The van der Waals surface area contributed by atoms with Gasteiger partial charge in [-0.3, -0.25) is 9.59 Å². The number of anilines is 1. The number of likely N-dealkylation sites (tertiary alicyclic amines) is 1. The van der Waals surface area contributed by atoms with Crippen LogP contribution in [0.3, 0.4) is 0 Å². The minimum Gasteiger partial charge on any atom is -0.492 e. The first-order valence-corrected chi connectivity index (χ1v) is 13.8. The summed E-state index contributed by atoms with van der Waals surface area (Å²) in [5, 5.41) is 13.1. The maximum Gasteiger partial charge on any atom is 0.306 e. The second-order valence-corrected chi connectivity index (χ2v) is 10.1. The van der Waals surface area contributed by atoms with Crippen LogP contribution in [-0.4, -0.2) is 72.3 Å². The zero-order chi connectivity index (χ0) is 27.1. The van der Waals surface area contributed by atoms with E-state index < -0.39 is 5.97 Å². The highest BCUT2D eigenvalue weighted by Gasteiger charge is 2.28. The first kappa shape index (κ1) is 28.0. The van der Waals surface area contributed by atoms with Gasteiger partial charge < -0.3 is 29.7 Å². The Labute approximate surface area is 229 Å². The summed E-state index contributed by atoms with van der Waals surface area (Å²) in [5.74, 6) is 0.716. The summed E-state index contributed by atoms with van der Waals surface area (Å²) in [6.45, 7) is 8.18. The summed E-state index contributed by atoms with van der Waals surface area (Å²) in [5.41, 5.74) is 1.51. The third kappa shape index (κ3) is 6.69. The number of nitrogens with zero attached hydrogens (tertiary/aromatic N) is 3. The summed E-state index contributed by atoms with van der Waals surface area (Å²) in [7, 11) is 0. The molecular formula is C28H37ClN4O5. The highest BCUT2D eigenvalue weighted by molar-refractivity contribution is 6.33. The van der Waals surface area contributed by atoms with Gasteiger partial charge in [0.25, 0.3) is 5.91 Å². The Bertz CT molecular complexity index is 1070. The summed E-state index contributed by atoms with van der Waals surface area (Å²) in [6.07, 6.45) is 4.54. The van der Waals surface area contributed by atoms with Crippen LogP contribution in [0.1, 0.15) is 55.5 Å². The number of aromatic nitrogens is 1. The van der Waals surface area contributed by atoms with E-state index in [1.807, 2.05) is 38.1 Å². The Morgan fingerprint density at radius 2 is 1.71 bits per heavy atom. The molecule has 0 atom stereocenters. The Hall–Kier alpha value is -3.04. The van der Waals surface area contributed by atoms with Crippen molar-refractivity contribution >= 4 is 29.3 Å². The number of benzene rings is 1. The van der Waals surface area contributed by atoms with Gasteiger partial charge in [0, 0.05) is 31.9 Å². The van der Waals surface area contributed by atoms with Gasteiger partial charge in [0.1, 0.15) is 22.3 Å². The number of carboxylic acids is 1. The van der Waals surface area contributed by atoms with E-state index in [0.29, 0.717) is 67.8 Å². The van der Waals surface area contributed by atoms with Gasteiger partial charge in [0.15, 0.2) is 0 Å². The van der Waals surface area contributed by atoms with E-state index >= 15 is 0 Å². The number of carbonyl (C=O) groups is 2. The normalized spacial score (nSPS) is 16.8. The van der Waals surface area contributed by atoms with E-state index in [9.17, 15) is 14.7 Å². The quantitative estimate of drug-likeness (QED) is 0.458. The van der Waals surface area contributed by atoms with Crippen molar-refractivity contribution in [3.05, 3.63) is 46.6 Å². The second kappa shape index (κ2) is 13.2. The zero-order valence-electron chi connectivity index (χ0n) is 22.1. The van der Waals surface area contributed by atoms with E-state index in [1.165, 1.54) is 0 Å². The number of ether oxygens (including phenoxy) is 2. The van der Waals surface area contributed by atoms with Gasteiger partial charge in [-0.05, 0) is 82.4 Å². The molecule has 2 fully saturated rings. The van der Waals surface area contributed by atoms with E-state index in [1.54, 1.807) is 11.1 Å². The molecule has 2 N–H and O–H groups in total. The van der Waals surface area contributed by atoms with Gasteiger partial charge in [0.05, 0.1) is 24.7 Å². The van der Waals surface area contributed by atoms with Gasteiger partial charge in [-0.15, -0.1) is 0 Å². The third-order valence-corrected chi connectivity index (χ3v) is 7.56. The number of carbonyl (C=O) groups excluding carboxylic acids is 1. The topological polar surface area (TPSA) is 104 Å². The minimum atomic E-state index is -0.788. The molecule has 0 saturated carbocycles. The predicted molar refractivity (Wildman–Crippen MR) is 146 cm³/mol. The number of piperidine rings is 2. The lowest BCUT2D eigenvalue weighted by Gasteiger charge is -2.36. The molecule has 0 unspecified atom stereocenters. The van der Waals surface area contributed by atoms with Crippen LogP contribution < -0.4 is 19.7 Å². The van der Waals surface area contributed by atoms with Crippen LogP contribution in [-0.2, 0) is 11.3 Å². The third-order valence-electron chi connectivity index (χ3n) is 7.19. The van der Waals surface area contributed by atoms with Crippen LogP contribution in [0.5, 0.6) is 11.5 Å². The molecule has 3 heterocycles. The maximum atomic E-state index is 13.1. The van der Waals surface area contributed by atoms with Crippen molar-refractivity contribution in [3.8, 4) is 11.5 Å². The number of hydrogen-bond donors (Lipinski definition) is 2. The number of aliphatic carboxylic acids is 1. The molecular weight excluding hydrogens is 508 g/mol. The molecule has 206 valence electrons. The van der Waals surface area contributed by atoms with Crippen LogP contribution in [0.15, 0.2) is 30.5 Å². The Balaban J connectivity index is 1.55. The molecule has 10 heteroatoms. The molecule has 38 heavy (non-hydrogen) atoms. The lowest BCUT2D eigenvalue weighted by molar-refractivity contribution is -0.143. The largest absolute Gasteiger partial charge is 0.492 e. The average molecular weight is 545 g/mol. The molecule has 0 aliphatic carbocycles. The summed E-state index contributed by atoms with van der Waals surface area (Å²) in [4.78, 5) is 33.0. The van der Waals surface area contributed by atoms with Crippen LogP contribution in [0.2, 0.25) is 5.02 Å². The zero-order valence-corrected chi connectivity index (χ0v) is 22.9. The highest BCUT2D eigenvalue weighted by atomic mass is 35.5. The lowest BCUT2D eigenvalue weighted by atomic mass is 9.97. The molecule has 2 saturated heterocycles. The van der Waals surface area contributed by atoms with Crippen molar-refractivity contribution < 1.29 is 24.2 Å². The molecule has 0 bridgehead atoms. The fraction of sp³-hybridized carbons (Fsp3) is 0.536. The smallest absolute Gasteiger partial charge is 0.306 e. The number of halogens is 1.